The highest BCUT2D eigenvalue weighted by Crippen LogP contribution is 2.77. The highest BCUT2D eigenvalue weighted by molar-refractivity contribution is 7.73. The molecule has 1 aromatic rings. The van der Waals surface area contributed by atoms with E-state index in [4.69, 9.17) is 18.1 Å². The monoisotopic (exact) mass is 408 g/mol. The first kappa shape index (κ1) is 23.5. The Kier molecular flexibility index (Phi) is 9.70. The summed E-state index contributed by atoms with van der Waals surface area (Å²) in [5.74, 6) is 0. The fraction of sp³-hybridized carbons (Fsp3) is 0.647. The predicted octanol–water partition coefficient (Wildman–Crippen LogP) is 4.80. The summed E-state index contributed by atoms with van der Waals surface area (Å²) in [6, 6.07) is 9.29. The van der Waals surface area contributed by atoms with Gasteiger partial charge in [-0.05, 0) is 39.7 Å². The molecule has 1 aromatic carbocycles. The summed E-state index contributed by atoms with van der Waals surface area (Å²) in [4.78, 5) is 0. The van der Waals surface area contributed by atoms with Crippen LogP contribution in [-0.4, -0.2) is 36.6 Å². The molecule has 0 aromatic heterocycles. The van der Waals surface area contributed by atoms with E-state index in [0.717, 1.165) is 5.56 Å². The van der Waals surface area contributed by atoms with E-state index >= 15 is 0 Å². The van der Waals surface area contributed by atoms with Gasteiger partial charge in [-0.25, -0.2) is 0 Å². The molecule has 0 aliphatic rings. The van der Waals surface area contributed by atoms with Gasteiger partial charge in [0.05, 0.1) is 26.4 Å². The summed E-state index contributed by atoms with van der Waals surface area (Å²) in [6.45, 7) is 6.55. The first-order valence-electron chi connectivity index (χ1n) is 8.87. The molecular weight excluding hydrogens is 378 g/mol. The maximum absolute atomic E-state index is 13.4. The standard InChI is InChI=1S/C17H30O7P2/c1-5-21-25(19,22-6-2)17(18,26(20,23-7-3)24-8-4)15-14-16-12-10-9-11-13-16/h9-13,18H,5-8,14-15H2,1-4H3. The molecule has 1 rings (SSSR count). The maximum Gasteiger partial charge on any atom is 0.374 e. The number of hydrogen-bond donors (Lipinski definition) is 1. The van der Waals surface area contributed by atoms with Crippen LogP contribution in [0.4, 0.5) is 0 Å². The second-order valence-corrected chi connectivity index (χ2v) is 10.3. The SMILES string of the molecule is CCOP(=O)(OCC)C(O)(CCc1ccccc1)P(=O)(OCC)OCC. The minimum absolute atomic E-state index is 0.0170. The van der Waals surface area contributed by atoms with Gasteiger partial charge in [-0.1, -0.05) is 30.3 Å². The summed E-state index contributed by atoms with van der Waals surface area (Å²) in [6.07, 6.45) is 0.136. The molecule has 0 aliphatic heterocycles. The molecule has 1 N–H and O–H groups in total. The molecule has 0 radical (unpaired) electrons. The van der Waals surface area contributed by atoms with Gasteiger partial charge in [0.2, 0.25) is 0 Å². The Morgan fingerprint density at radius 2 is 1.19 bits per heavy atom. The zero-order chi connectivity index (χ0) is 19.7. The van der Waals surface area contributed by atoms with Gasteiger partial charge in [-0.3, -0.25) is 9.13 Å². The highest BCUT2D eigenvalue weighted by atomic mass is 31.2. The lowest BCUT2D eigenvalue weighted by molar-refractivity contribution is 0.0777. The van der Waals surface area contributed by atoms with Crippen molar-refractivity contribution in [2.24, 2.45) is 0 Å². The molecule has 0 saturated heterocycles. The van der Waals surface area contributed by atoms with E-state index in [2.05, 4.69) is 0 Å². The minimum atomic E-state index is -4.22. The molecule has 0 bridgehead atoms. The van der Waals surface area contributed by atoms with E-state index in [9.17, 15) is 14.2 Å². The zero-order valence-electron chi connectivity index (χ0n) is 15.9. The molecule has 0 fully saturated rings. The smallest absolute Gasteiger partial charge is 0.367 e. The molecule has 0 saturated carbocycles. The van der Waals surface area contributed by atoms with Gasteiger partial charge in [0.1, 0.15) is 0 Å². The van der Waals surface area contributed by atoms with E-state index in [0.29, 0.717) is 6.42 Å². The van der Waals surface area contributed by atoms with Crippen LogP contribution < -0.4 is 0 Å². The van der Waals surface area contributed by atoms with Crippen LogP contribution in [0.3, 0.4) is 0 Å². The summed E-state index contributed by atoms with van der Waals surface area (Å²) in [7, 11) is -8.43. The topological polar surface area (TPSA) is 91.3 Å². The molecule has 26 heavy (non-hydrogen) atoms. The number of aryl methyl sites for hydroxylation is 1. The Hall–Kier alpha value is -0.520. The van der Waals surface area contributed by atoms with Crippen molar-refractivity contribution in [1.29, 1.82) is 0 Å². The molecule has 150 valence electrons. The average molecular weight is 408 g/mol. The Morgan fingerprint density at radius 3 is 1.54 bits per heavy atom. The number of aliphatic hydroxyl groups is 1. The minimum Gasteiger partial charge on any atom is -0.367 e. The summed E-state index contributed by atoms with van der Waals surface area (Å²) in [5, 5.41) is 9.00. The summed E-state index contributed by atoms with van der Waals surface area (Å²) >= 11 is 0. The van der Waals surface area contributed by atoms with E-state index in [-0.39, 0.29) is 32.8 Å². The largest absolute Gasteiger partial charge is 0.374 e. The van der Waals surface area contributed by atoms with Crippen molar-refractivity contribution in [2.75, 3.05) is 26.4 Å². The Bertz CT molecular complexity index is 571. The first-order valence-corrected chi connectivity index (χ1v) is 12.0. The molecular formula is C17H30O7P2. The maximum atomic E-state index is 13.4. The third kappa shape index (κ3) is 5.26. The van der Waals surface area contributed by atoms with Crippen molar-refractivity contribution in [2.45, 2.75) is 45.6 Å². The summed E-state index contributed by atoms with van der Waals surface area (Å²) < 4.78 is 48.1. The van der Waals surface area contributed by atoms with Crippen LogP contribution in [0.1, 0.15) is 39.7 Å². The molecule has 9 heteroatoms. The van der Waals surface area contributed by atoms with Gasteiger partial charge < -0.3 is 23.2 Å². The third-order valence-electron chi connectivity index (χ3n) is 3.67. The molecule has 0 spiro atoms. The van der Waals surface area contributed by atoms with Gasteiger partial charge in [-0.2, -0.15) is 0 Å². The van der Waals surface area contributed by atoms with E-state index in [1.165, 1.54) is 0 Å². The number of hydrogen-bond acceptors (Lipinski definition) is 7. The van der Waals surface area contributed by atoms with Gasteiger partial charge in [0, 0.05) is 6.42 Å². The zero-order valence-corrected chi connectivity index (χ0v) is 17.7. The van der Waals surface area contributed by atoms with Crippen LogP contribution in [0.25, 0.3) is 0 Å². The van der Waals surface area contributed by atoms with Gasteiger partial charge in [0.15, 0.2) is 0 Å². The fourth-order valence-electron chi connectivity index (χ4n) is 2.55. The Morgan fingerprint density at radius 1 is 0.808 bits per heavy atom. The quantitative estimate of drug-likeness (QED) is 0.469. The Labute approximate surface area is 156 Å². The van der Waals surface area contributed by atoms with Crippen LogP contribution in [0, 0.1) is 0 Å². The molecule has 0 amide bonds. The van der Waals surface area contributed by atoms with Crippen molar-refractivity contribution in [1.82, 2.24) is 0 Å². The molecule has 0 aliphatic carbocycles. The average Bonchev–Trinajstić information content (AvgIpc) is 2.61. The van der Waals surface area contributed by atoms with Gasteiger partial charge >= 0.3 is 15.2 Å². The van der Waals surface area contributed by atoms with Crippen LogP contribution in [0.5, 0.6) is 0 Å². The van der Waals surface area contributed by atoms with Crippen molar-refractivity contribution in [3.8, 4) is 0 Å². The lowest BCUT2D eigenvalue weighted by Gasteiger charge is -2.38. The van der Waals surface area contributed by atoms with Crippen LogP contribution in [0.2, 0.25) is 0 Å². The second kappa shape index (κ2) is 10.7. The van der Waals surface area contributed by atoms with Crippen LogP contribution in [-0.2, 0) is 33.6 Å². The normalized spacial score (nSPS) is 13.1. The predicted molar refractivity (Wildman–Crippen MR) is 101 cm³/mol. The van der Waals surface area contributed by atoms with Crippen molar-refractivity contribution >= 4 is 15.2 Å². The van der Waals surface area contributed by atoms with Gasteiger partial charge in [-0.15, -0.1) is 0 Å². The lowest BCUT2D eigenvalue weighted by Crippen LogP contribution is -2.33. The number of rotatable bonds is 13. The van der Waals surface area contributed by atoms with Crippen molar-refractivity contribution < 1.29 is 32.3 Å². The lowest BCUT2D eigenvalue weighted by atomic mass is 10.1. The van der Waals surface area contributed by atoms with Crippen LogP contribution in [0.15, 0.2) is 30.3 Å². The summed E-state index contributed by atoms with van der Waals surface area (Å²) in [5.41, 5.74) is 0.880. The van der Waals surface area contributed by atoms with Crippen LogP contribution >= 0.6 is 15.2 Å². The second-order valence-electron chi connectivity index (χ2n) is 5.43. The van der Waals surface area contributed by atoms with E-state index < -0.39 is 20.3 Å². The molecule has 7 nitrogen and oxygen atoms in total. The first-order chi connectivity index (χ1) is 12.3. The fourth-order valence-corrected chi connectivity index (χ4v) is 7.55. The highest BCUT2D eigenvalue weighted by Gasteiger charge is 2.64. The third-order valence-corrected chi connectivity index (χ3v) is 9.73. The van der Waals surface area contributed by atoms with E-state index in [1.54, 1.807) is 27.7 Å². The molecule has 0 atom stereocenters. The number of benzene rings is 1. The van der Waals surface area contributed by atoms with Gasteiger partial charge in [0.25, 0.3) is 5.08 Å². The van der Waals surface area contributed by atoms with Crippen molar-refractivity contribution in [3.63, 3.8) is 0 Å². The molecule has 0 heterocycles. The van der Waals surface area contributed by atoms with Crippen molar-refractivity contribution in [3.05, 3.63) is 35.9 Å². The Balaban J connectivity index is 3.37. The molecule has 0 unspecified atom stereocenters. The van der Waals surface area contributed by atoms with E-state index in [1.807, 2.05) is 30.3 Å².